The fourth-order valence-electron chi connectivity index (χ4n) is 1.51. The van der Waals surface area contributed by atoms with Gasteiger partial charge in [-0.15, -0.1) is 11.3 Å². The predicted molar refractivity (Wildman–Crippen MR) is 77.7 cm³/mol. The molecular formula is C13H23NS2. The molecule has 2 atom stereocenters. The second-order valence-electron chi connectivity index (χ2n) is 4.11. The van der Waals surface area contributed by atoms with Gasteiger partial charge in [0.15, 0.2) is 0 Å². The predicted octanol–water partition coefficient (Wildman–Crippen LogP) is 4.24. The number of thiophene rings is 1. The Morgan fingerprint density at radius 1 is 1.38 bits per heavy atom. The Bertz CT molecular complexity index is 296. The Labute approximate surface area is 108 Å². The minimum Gasteiger partial charge on any atom is -0.309 e. The van der Waals surface area contributed by atoms with Crippen LogP contribution in [0.4, 0.5) is 0 Å². The first-order chi connectivity index (χ1) is 7.67. The SMILES string of the molecule is CCNC(CSC(C)CC)c1ccc(C)s1. The number of thioether (sulfide) groups is 1. The molecule has 1 aromatic rings. The summed E-state index contributed by atoms with van der Waals surface area (Å²) in [4.78, 5) is 2.89. The van der Waals surface area contributed by atoms with Gasteiger partial charge in [0.05, 0.1) is 6.04 Å². The van der Waals surface area contributed by atoms with E-state index < -0.39 is 0 Å². The number of hydrogen-bond donors (Lipinski definition) is 1. The zero-order valence-corrected chi connectivity index (χ0v) is 12.4. The van der Waals surface area contributed by atoms with Gasteiger partial charge in [0.2, 0.25) is 0 Å². The molecule has 1 heterocycles. The van der Waals surface area contributed by atoms with Crippen molar-refractivity contribution in [3.63, 3.8) is 0 Å². The van der Waals surface area contributed by atoms with E-state index in [4.69, 9.17) is 0 Å². The van der Waals surface area contributed by atoms with E-state index in [0.717, 1.165) is 11.8 Å². The van der Waals surface area contributed by atoms with Gasteiger partial charge in [-0.05, 0) is 32.0 Å². The number of aryl methyl sites for hydroxylation is 1. The molecule has 0 aliphatic carbocycles. The molecule has 0 aliphatic heterocycles. The Hall–Kier alpha value is 0.01000. The van der Waals surface area contributed by atoms with Crippen molar-refractivity contribution in [3.8, 4) is 0 Å². The van der Waals surface area contributed by atoms with Gasteiger partial charge in [0.25, 0.3) is 0 Å². The van der Waals surface area contributed by atoms with Gasteiger partial charge in [-0.25, -0.2) is 0 Å². The monoisotopic (exact) mass is 257 g/mol. The maximum atomic E-state index is 3.58. The van der Waals surface area contributed by atoms with Crippen molar-refractivity contribution in [2.45, 2.75) is 45.4 Å². The Morgan fingerprint density at radius 3 is 2.62 bits per heavy atom. The Balaban J connectivity index is 2.53. The molecule has 0 bridgehead atoms. The molecule has 1 N–H and O–H groups in total. The minimum atomic E-state index is 0.530. The van der Waals surface area contributed by atoms with Crippen LogP contribution in [-0.2, 0) is 0 Å². The quantitative estimate of drug-likeness (QED) is 0.784. The van der Waals surface area contributed by atoms with Crippen LogP contribution in [0.2, 0.25) is 0 Å². The molecule has 0 saturated carbocycles. The summed E-state index contributed by atoms with van der Waals surface area (Å²) >= 11 is 3.99. The molecule has 0 aromatic carbocycles. The van der Waals surface area contributed by atoms with Crippen LogP contribution in [0.25, 0.3) is 0 Å². The second-order valence-corrected chi connectivity index (χ2v) is 6.90. The van der Waals surface area contributed by atoms with Crippen molar-refractivity contribution < 1.29 is 0 Å². The van der Waals surface area contributed by atoms with E-state index in [1.165, 1.54) is 21.9 Å². The first-order valence-corrected chi connectivity index (χ1v) is 7.95. The zero-order chi connectivity index (χ0) is 12.0. The highest BCUT2D eigenvalue weighted by atomic mass is 32.2. The van der Waals surface area contributed by atoms with E-state index in [-0.39, 0.29) is 0 Å². The topological polar surface area (TPSA) is 12.0 Å². The average molecular weight is 257 g/mol. The van der Waals surface area contributed by atoms with Crippen LogP contribution in [-0.4, -0.2) is 17.5 Å². The maximum absolute atomic E-state index is 3.58. The van der Waals surface area contributed by atoms with Crippen LogP contribution in [0, 0.1) is 6.92 Å². The second kappa shape index (κ2) is 7.36. The third-order valence-electron chi connectivity index (χ3n) is 2.68. The highest BCUT2D eigenvalue weighted by molar-refractivity contribution is 7.99. The molecule has 1 nitrogen and oxygen atoms in total. The van der Waals surface area contributed by atoms with Gasteiger partial charge in [0.1, 0.15) is 0 Å². The summed E-state index contributed by atoms with van der Waals surface area (Å²) < 4.78 is 0. The smallest absolute Gasteiger partial charge is 0.0506 e. The van der Waals surface area contributed by atoms with E-state index in [9.17, 15) is 0 Å². The molecule has 16 heavy (non-hydrogen) atoms. The van der Waals surface area contributed by atoms with Crippen molar-refractivity contribution in [3.05, 3.63) is 21.9 Å². The van der Waals surface area contributed by atoms with Crippen LogP contribution >= 0.6 is 23.1 Å². The molecule has 2 unspecified atom stereocenters. The van der Waals surface area contributed by atoms with Crippen molar-refractivity contribution >= 4 is 23.1 Å². The van der Waals surface area contributed by atoms with Gasteiger partial charge < -0.3 is 5.32 Å². The first kappa shape index (κ1) is 14.1. The van der Waals surface area contributed by atoms with Gasteiger partial charge in [-0.1, -0.05) is 20.8 Å². The summed E-state index contributed by atoms with van der Waals surface area (Å²) in [7, 11) is 0. The summed E-state index contributed by atoms with van der Waals surface area (Å²) in [6.07, 6.45) is 1.26. The normalized spacial score (nSPS) is 15.0. The first-order valence-electron chi connectivity index (χ1n) is 6.08. The van der Waals surface area contributed by atoms with E-state index in [0.29, 0.717) is 6.04 Å². The van der Waals surface area contributed by atoms with Crippen molar-refractivity contribution in [2.24, 2.45) is 0 Å². The Morgan fingerprint density at radius 2 is 2.12 bits per heavy atom. The van der Waals surface area contributed by atoms with Gasteiger partial charge in [-0.2, -0.15) is 11.8 Å². The lowest BCUT2D eigenvalue weighted by Gasteiger charge is -2.18. The fourth-order valence-corrected chi connectivity index (χ4v) is 3.62. The number of rotatable bonds is 7. The van der Waals surface area contributed by atoms with Crippen LogP contribution in [0.1, 0.15) is 43.0 Å². The lowest BCUT2D eigenvalue weighted by molar-refractivity contribution is 0.614. The van der Waals surface area contributed by atoms with Gasteiger partial charge in [0, 0.05) is 20.8 Å². The third kappa shape index (κ3) is 4.48. The molecule has 92 valence electrons. The van der Waals surface area contributed by atoms with Crippen molar-refractivity contribution in [2.75, 3.05) is 12.3 Å². The van der Waals surface area contributed by atoms with E-state index in [1.807, 2.05) is 11.3 Å². The van der Waals surface area contributed by atoms with Gasteiger partial charge >= 0.3 is 0 Å². The fraction of sp³-hybridized carbons (Fsp3) is 0.692. The molecular weight excluding hydrogens is 234 g/mol. The van der Waals surface area contributed by atoms with Crippen LogP contribution in [0.5, 0.6) is 0 Å². The third-order valence-corrected chi connectivity index (χ3v) is 5.22. The molecule has 0 radical (unpaired) electrons. The Kier molecular flexibility index (Phi) is 6.47. The molecule has 1 aromatic heterocycles. The average Bonchev–Trinajstić information content (AvgIpc) is 2.70. The molecule has 0 fully saturated rings. The standard InChI is InChI=1S/C13H23NS2/c1-5-10(3)15-9-12(14-6-2)13-8-7-11(4)16-13/h7-8,10,12,14H,5-6,9H2,1-4H3. The molecule has 0 spiro atoms. The highest BCUT2D eigenvalue weighted by Gasteiger charge is 2.13. The minimum absolute atomic E-state index is 0.530. The maximum Gasteiger partial charge on any atom is 0.0506 e. The molecule has 0 aliphatic rings. The van der Waals surface area contributed by atoms with Crippen LogP contribution in [0.3, 0.4) is 0 Å². The van der Waals surface area contributed by atoms with E-state index >= 15 is 0 Å². The van der Waals surface area contributed by atoms with E-state index in [2.05, 4.69) is 56.9 Å². The summed E-state index contributed by atoms with van der Waals surface area (Å²) in [6.45, 7) is 9.98. The summed E-state index contributed by atoms with van der Waals surface area (Å²) in [6, 6.07) is 5.02. The zero-order valence-electron chi connectivity index (χ0n) is 10.7. The summed E-state index contributed by atoms with van der Waals surface area (Å²) in [5, 5.41) is 4.35. The van der Waals surface area contributed by atoms with E-state index in [1.54, 1.807) is 0 Å². The number of hydrogen-bond acceptors (Lipinski definition) is 3. The lowest BCUT2D eigenvalue weighted by Crippen LogP contribution is -2.22. The number of nitrogens with one attached hydrogen (secondary N) is 1. The highest BCUT2D eigenvalue weighted by Crippen LogP contribution is 2.27. The largest absolute Gasteiger partial charge is 0.309 e. The lowest BCUT2D eigenvalue weighted by atomic mass is 10.2. The molecule has 3 heteroatoms. The van der Waals surface area contributed by atoms with Crippen LogP contribution in [0.15, 0.2) is 12.1 Å². The summed E-state index contributed by atoms with van der Waals surface area (Å²) in [5.41, 5.74) is 0. The molecule has 1 rings (SSSR count). The van der Waals surface area contributed by atoms with Crippen LogP contribution < -0.4 is 5.32 Å². The molecule has 0 saturated heterocycles. The van der Waals surface area contributed by atoms with Crippen molar-refractivity contribution in [1.82, 2.24) is 5.32 Å². The van der Waals surface area contributed by atoms with Crippen molar-refractivity contribution in [1.29, 1.82) is 0 Å². The van der Waals surface area contributed by atoms with Gasteiger partial charge in [-0.3, -0.25) is 0 Å². The summed E-state index contributed by atoms with van der Waals surface area (Å²) in [5.74, 6) is 1.18. The molecule has 0 amide bonds.